The first-order chi connectivity index (χ1) is 12.9. The molecule has 3 rings (SSSR count). The maximum Gasteiger partial charge on any atom is 0.343 e. The SMILES string of the molecule is C=CCOc1cc(F)c(OC(=O)c2ccc3c(F)c(F)ccc3c2)c(F)c1. The zero-order chi connectivity index (χ0) is 19.6. The van der Waals surface area contributed by atoms with Crippen LogP contribution >= 0.6 is 0 Å². The summed E-state index contributed by atoms with van der Waals surface area (Å²) in [5.41, 5.74) is -0.0840. The Bertz CT molecular complexity index is 1020. The van der Waals surface area contributed by atoms with Gasteiger partial charge >= 0.3 is 5.97 Å². The molecule has 7 heteroatoms. The zero-order valence-corrected chi connectivity index (χ0v) is 13.8. The minimum atomic E-state index is -1.13. The molecule has 3 nitrogen and oxygen atoms in total. The molecule has 0 saturated carbocycles. The lowest BCUT2D eigenvalue weighted by molar-refractivity contribution is 0.0720. The molecule has 3 aromatic carbocycles. The summed E-state index contributed by atoms with van der Waals surface area (Å²) in [6.07, 6.45) is 1.40. The van der Waals surface area contributed by atoms with Gasteiger partial charge in [0.15, 0.2) is 23.3 Å². The van der Waals surface area contributed by atoms with E-state index in [1.54, 1.807) is 0 Å². The van der Waals surface area contributed by atoms with Gasteiger partial charge < -0.3 is 9.47 Å². The van der Waals surface area contributed by atoms with Gasteiger partial charge in [-0.25, -0.2) is 22.4 Å². The average molecular weight is 376 g/mol. The highest BCUT2D eigenvalue weighted by molar-refractivity contribution is 5.96. The quantitative estimate of drug-likeness (QED) is 0.266. The van der Waals surface area contributed by atoms with Gasteiger partial charge in [0.05, 0.1) is 5.56 Å². The highest BCUT2D eigenvalue weighted by Crippen LogP contribution is 2.28. The Kier molecular flexibility index (Phi) is 5.12. The van der Waals surface area contributed by atoms with Crippen LogP contribution in [-0.4, -0.2) is 12.6 Å². The molecule has 27 heavy (non-hydrogen) atoms. The molecule has 0 fully saturated rings. The first-order valence-electron chi connectivity index (χ1n) is 7.73. The number of fused-ring (bicyclic) bond motifs is 1. The Morgan fingerprint density at radius 3 is 2.33 bits per heavy atom. The van der Waals surface area contributed by atoms with Gasteiger partial charge in [-0.1, -0.05) is 24.8 Å². The number of esters is 1. The lowest BCUT2D eigenvalue weighted by Crippen LogP contribution is -2.11. The minimum absolute atomic E-state index is 0.0346. The smallest absolute Gasteiger partial charge is 0.343 e. The molecule has 0 aliphatic heterocycles. The van der Waals surface area contributed by atoms with Gasteiger partial charge in [0.25, 0.3) is 0 Å². The molecule has 0 radical (unpaired) electrons. The highest BCUT2D eigenvalue weighted by atomic mass is 19.2. The predicted octanol–water partition coefficient (Wildman–Crippen LogP) is 5.18. The Morgan fingerprint density at radius 1 is 0.963 bits per heavy atom. The van der Waals surface area contributed by atoms with Crippen LogP contribution in [0, 0.1) is 23.3 Å². The lowest BCUT2D eigenvalue weighted by atomic mass is 10.1. The monoisotopic (exact) mass is 376 g/mol. The topological polar surface area (TPSA) is 35.5 Å². The molecule has 0 atom stereocenters. The molecule has 0 spiro atoms. The van der Waals surface area contributed by atoms with E-state index >= 15 is 0 Å². The second-order valence-corrected chi connectivity index (χ2v) is 5.50. The standard InChI is InChI=1S/C20H12F4O3/c1-2-7-26-13-9-16(22)19(17(23)10-13)27-20(25)12-3-5-14-11(8-12)4-6-15(21)18(14)24/h2-6,8-10H,1,7H2. The highest BCUT2D eigenvalue weighted by Gasteiger charge is 2.19. The third-order valence-corrected chi connectivity index (χ3v) is 3.68. The van der Waals surface area contributed by atoms with Crippen LogP contribution in [0.2, 0.25) is 0 Å². The first kappa shape index (κ1) is 18.4. The number of hydrogen-bond acceptors (Lipinski definition) is 3. The molecule has 0 aromatic heterocycles. The molecule has 0 saturated heterocycles. The first-order valence-corrected chi connectivity index (χ1v) is 7.73. The van der Waals surface area contributed by atoms with E-state index in [4.69, 9.17) is 9.47 Å². The molecule has 3 aromatic rings. The molecule has 0 unspecified atom stereocenters. The maximum atomic E-state index is 14.1. The Balaban J connectivity index is 1.88. The molecule has 0 aliphatic carbocycles. The van der Waals surface area contributed by atoms with Crippen LogP contribution in [0.3, 0.4) is 0 Å². The summed E-state index contributed by atoms with van der Waals surface area (Å²) in [4.78, 5) is 12.2. The van der Waals surface area contributed by atoms with E-state index in [-0.39, 0.29) is 28.7 Å². The van der Waals surface area contributed by atoms with Crippen LogP contribution < -0.4 is 9.47 Å². The number of carbonyl (C=O) groups excluding carboxylic acids is 1. The fourth-order valence-electron chi connectivity index (χ4n) is 2.42. The summed E-state index contributed by atoms with van der Waals surface area (Å²) in [6.45, 7) is 3.46. The molecule has 0 N–H and O–H groups in total. The Labute approximate surface area is 151 Å². The van der Waals surface area contributed by atoms with Crippen LogP contribution in [0.5, 0.6) is 11.5 Å². The third kappa shape index (κ3) is 3.76. The van der Waals surface area contributed by atoms with Gasteiger partial charge in [0.2, 0.25) is 5.75 Å². The fourth-order valence-corrected chi connectivity index (χ4v) is 2.42. The Hall–Kier alpha value is -3.35. The normalized spacial score (nSPS) is 10.7. The van der Waals surface area contributed by atoms with Crippen LogP contribution in [0.1, 0.15) is 10.4 Å². The fraction of sp³-hybridized carbons (Fsp3) is 0.0500. The van der Waals surface area contributed by atoms with Crippen molar-refractivity contribution in [3.8, 4) is 11.5 Å². The maximum absolute atomic E-state index is 14.1. The lowest BCUT2D eigenvalue weighted by Gasteiger charge is -2.10. The summed E-state index contributed by atoms with van der Waals surface area (Å²) in [7, 11) is 0. The van der Waals surface area contributed by atoms with Crippen LogP contribution in [0.4, 0.5) is 17.6 Å². The number of halogens is 4. The summed E-state index contributed by atoms with van der Waals surface area (Å²) in [6, 6.07) is 7.51. The summed E-state index contributed by atoms with van der Waals surface area (Å²) >= 11 is 0. The molecular formula is C20H12F4O3. The average Bonchev–Trinajstić information content (AvgIpc) is 2.65. The minimum Gasteiger partial charge on any atom is -0.489 e. The number of ether oxygens (including phenoxy) is 2. The van der Waals surface area contributed by atoms with Crippen molar-refractivity contribution in [1.82, 2.24) is 0 Å². The van der Waals surface area contributed by atoms with Crippen molar-refractivity contribution in [1.29, 1.82) is 0 Å². The zero-order valence-electron chi connectivity index (χ0n) is 13.8. The molecule has 138 valence electrons. The van der Waals surface area contributed by atoms with Crippen molar-refractivity contribution in [3.63, 3.8) is 0 Å². The number of carbonyl (C=O) groups is 1. The predicted molar refractivity (Wildman–Crippen MR) is 90.9 cm³/mol. The van der Waals surface area contributed by atoms with Crippen molar-refractivity contribution >= 4 is 16.7 Å². The van der Waals surface area contributed by atoms with Gasteiger partial charge in [-0.05, 0) is 23.6 Å². The third-order valence-electron chi connectivity index (χ3n) is 3.68. The van der Waals surface area contributed by atoms with Crippen molar-refractivity contribution < 1.29 is 31.8 Å². The van der Waals surface area contributed by atoms with Gasteiger partial charge in [0, 0.05) is 17.5 Å². The van der Waals surface area contributed by atoms with E-state index in [0.29, 0.717) is 0 Å². The molecular weight excluding hydrogens is 364 g/mol. The molecule has 0 aliphatic rings. The van der Waals surface area contributed by atoms with Crippen LogP contribution in [0.25, 0.3) is 10.8 Å². The van der Waals surface area contributed by atoms with Gasteiger partial charge in [-0.15, -0.1) is 0 Å². The number of rotatable bonds is 5. The number of hydrogen-bond donors (Lipinski definition) is 0. The van der Waals surface area contributed by atoms with E-state index in [9.17, 15) is 22.4 Å². The van der Waals surface area contributed by atoms with Gasteiger partial charge in [-0.2, -0.15) is 0 Å². The van der Waals surface area contributed by atoms with Crippen LogP contribution in [-0.2, 0) is 0 Å². The summed E-state index contributed by atoms with van der Waals surface area (Å²) in [5, 5.41) is 0.199. The molecule has 0 heterocycles. The van der Waals surface area contributed by atoms with E-state index in [1.165, 1.54) is 30.3 Å². The summed E-state index contributed by atoms with van der Waals surface area (Å²) < 4.78 is 64.8. The van der Waals surface area contributed by atoms with Crippen molar-refractivity contribution in [2.24, 2.45) is 0 Å². The van der Waals surface area contributed by atoms with E-state index in [0.717, 1.165) is 18.2 Å². The summed E-state index contributed by atoms with van der Waals surface area (Å²) in [5.74, 6) is -6.38. The van der Waals surface area contributed by atoms with Crippen molar-refractivity contribution in [2.45, 2.75) is 0 Å². The second kappa shape index (κ2) is 7.49. The van der Waals surface area contributed by atoms with E-state index in [2.05, 4.69) is 6.58 Å². The number of benzene rings is 3. The second-order valence-electron chi connectivity index (χ2n) is 5.50. The van der Waals surface area contributed by atoms with Gasteiger partial charge in [-0.3, -0.25) is 0 Å². The van der Waals surface area contributed by atoms with Crippen molar-refractivity contribution in [3.05, 3.63) is 84.0 Å². The molecule has 0 bridgehead atoms. The molecule has 0 amide bonds. The van der Waals surface area contributed by atoms with Crippen molar-refractivity contribution in [2.75, 3.05) is 6.61 Å². The van der Waals surface area contributed by atoms with E-state index < -0.39 is 35.0 Å². The van der Waals surface area contributed by atoms with E-state index in [1.807, 2.05) is 0 Å². The Morgan fingerprint density at radius 2 is 1.67 bits per heavy atom. The van der Waals surface area contributed by atoms with Gasteiger partial charge in [0.1, 0.15) is 12.4 Å². The largest absolute Gasteiger partial charge is 0.489 e. The van der Waals surface area contributed by atoms with Crippen LogP contribution in [0.15, 0.2) is 55.1 Å².